The van der Waals surface area contributed by atoms with E-state index in [2.05, 4.69) is 0 Å². The average molecular weight is 246 g/mol. The van der Waals surface area contributed by atoms with Gasteiger partial charge >= 0.3 is 5.97 Å². The minimum absolute atomic E-state index is 0.211. The van der Waals surface area contributed by atoms with Crippen molar-refractivity contribution in [3.05, 3.63) is 36.0 Å². The molecular weight excluding hydrogens is 228 g/mol. The molecule has 0 aliphatic heterocycles. The maximum Gasteiger partial charge on any atom is 0.332 e. The minimum Gasteiger partial charge on any atom is -0.337 e. The number of para-hydroxylation sites is 1. The number of rotatable bonds is 5. The Labute approximate surface area is 106 Å². The molecule has 2 aromatic rings. The Hall–Kier alpha value is -1.81. The van der Waals surface area contributed by atoms with Crippen LogP contribution >= 0.6 is 0 Å². The van der Waals surface area contributed by atoms with Gasteiger partial charge in [0, 0.05) is 18.0 Å². The van der Waals surface area contributed by atoms with E-state index >= 15 is 0 Å². The number of aromatic nitrogens is 1. The van der Waals surface area contributed by atoms with Gasteiger partial charge in [0.1, 0.15) is 0 Å². The van der Waals surface area contributed by atoms with Crippen LogP contribution in [-0.4, -0.2) is 17.2 Å². The average Bonchev–Trinajstić information content (AvgIpc) is 2.69. The van der Waals surface area contributed by atoms with Crippen LogP contribution in [0.3, 0.4) is 0 Å². The molecule has 0 atom stereocenters. The molecule has 1 heterocycles. The van der Waals surface area contributed by atoms with Gasteiger partial charge < -0.3 is 10.6 Å². The monoisotopic (exact) mass is 246 g/mol. The van der Waals surface area contributed by atoms with Crippen molar-refractivity contribution < 1.29 is 9.63 Å². The van der Waals surface area contributed by atoms with Crippen LogP contribution in [0.5, 0.6) is 0 Å². The summed E-state index contributed by atoms with van der Waals surface area (Å²) in [5.41, 5.74) is 7.61. The highest BCUT2D eigenvalue weighted by Gasteiger charge is 2.10. The summed E-state index contributed by atoms with van der Waals surface area (Å²) in [6, 6.07) is 7.86. The largest absolute Gasteiger partial charge is 0.337 e. The van der Waals surface area contributed by atoms with Gasteiger partial charge in [0.25, 0.3) is 0 Å². The molecule has 2 rings (SSSR count). The molecular formula is C14H18N2O2. The smallest absolute Gasteiger partial charge is 0.332 e. The Morgan fingerprint density at radius 1 is 1.39 bits per heavy atom. The minimum atomic E-state index is -0.211. The highest BCUT2D eigenvalue weighted by molar-refractivity contribution is 5.84. The number of carbonyl (C=O) groups is 1. The number of fused-ring (bicyclic) bond motifs is 1. The normalized spacial score (nSPS) is 10.8. The Bertz CT molecular complexity index is 546. The van der Waals surface area contributed by atoms with Crippen molar-refractivity contribution in [1.82, 2.24) is 4.73 Å². The highest BCUT2D eigenvalue weighted by Crippen LogP contribution is 2.20. The summed E-state index contributed by atoms with van der Waals surface area (Å²) in [5, 5.41) is 1.09. The Morgan fingerprint density at radius 2 is 2.17 bits per heavy atom. The predicted octanol–water partition coefficient (Wildman–Crippen LogP) is 1.90. The summed E-state index contributed by atoms with van der Waals surface area (Å²) >= 11 is 0. The molecule has 4 heteroatoms. The van der Waals surface area contributed by atoms with Crippen LogP contribution in [0.1, 0.15) is 25.3 Å². The SMILES string of the molecule is CCCC(=O)On1cc(CCN)c2ccccc21. The van der Waals surface area contributed by atoms with Crippen LogP contribution in [0.15, 0.2) is 30.5 Å². The fourth-order valence-electron chi connectivity index (χ4n) is 2.01. The van der Waals surface area contributed by atoms with E-state index in [1.807, 2.05) is 37.4 Å². The van der Waals surface area contributed by atoms with Crippen LogP contribution in [0.2, 0.25) is 0 Å². The second-order valence-corrected chi connectivity index (χ2v) is 4.25. The molecule has 0 unspecified atom stereocenters. The van der Waals surface area contributed by atoms with Crippen molar-refractivity contribution in [3.63, 3.8) is 0 Å². The van der Waals surface area contributed by atoms with E-state index in [0.29, 0.717) is 13.0 Å². The molecule has 0 aliphatic carbocycles. The van der Waals surface area contributed by atoms with Gasteiger partial charge in [-0.2, -0.15) is 4.73 Å². The zero-order chi connectivity index (χ0) is 13.0. The third kappa shape index (κ3) is 2.54. The molecule has 0 amide bonds. The lowest BCUT2D eigenvalue weighted by atomic mass is 10.1. The van der Waals surface area contributed by atoms with E-state index in [0.717, 1.165) is 29.3 Å². The predicted molar refractivity (Wildman–Crippen MR) is 71.2 cm³/mol. The van der Waals surface area contributed by atoms with E-state index in [9.17, 15) is 4.79 Å². The van der Waals surface area contributed by atoms with Gasteiger partial charge in [0.05, 0.1) is 5.52 Å². The Balaban J connectivity index is 2.35. The fourth-order valence-corrected chi connectivity index (χ4v) is 2.01. The van der Waals surface area contributed by atoms with Crippen molar-refractivity contribution >= 4 is 16.9 Å². The molecule has 0 spiro atoms. The number of benzene rings is 1. The Morgan fingerprint density at radius 3 is 2.89 bits per heavy atom. The lowest BCUT2D eigenvalue weighted by molar-refractivity contribution is -0.143. The second-order valence-electron chi connectivity index (χ2n) is 4.25. The molecule has 0 aliphatic rings. The summed E-state index contributed by atoms with van der Waals surface area (Å²) in [4.78, 5) is 16.9. The molecule has 0 radical (unpaired) electrons. The number of hydrogen-bond donors (Lipinski definition) is 1. The summed E-state index contributed by atoms with van der Waals surface area (Å²) in [6.07, 6.45) is 3.84. The standard InChI is InChI=1S/C14H18N2O2/c1-2-5-14(17)18-16-10-11(8-9-15)12-6-3-4-7-13(12)16/h3-4,6-7,10H,2,5,8-9,15H2,1H3. The van der Waals surface area contributed by atoms with Crippen LogP contribution in [0.4, 0.5) is 0 Å². The second kappa shape index (κ2) is 5.69. The molecule has 96 valence electrons. The third-order valence-corrected chi connectivity index (χ3v) is 2.83. The van der Waals surface area contributed by atoms with Crippen LogP contribution in [0, 0.1) is 0 Å². The first-order valence-corrected chi connectivity index (χ1v) is 6.26. The van der Waals surface area contributed by atoms with E-state index in [4.69, 9.17) is 10.6 Å². The van der Waals surface area contributed by atoms with Gasteiger partial charge in [-0.05, 0) is 31.0 Å². The quantitative estimate of drug-likeness (QED) is 0.876. The third-order valence-electron chi connectivity index (χ3n) is 2.83. The van der Waals surface area contributed by atoms with Crippen molar-refractivity contribution in [2.45, 2.75) is 26.2 Å². The molecule has 0 bridgehead atoms. The number of carbonyl (C=O) groups excluding carboxylic acids is 1. The summed E-state index contributed by atoms with van der Waals surface area (Å²) in [7, 11) is 0. The van der Waals surface area contributed by atoms with Crippen molar-refractivity contribution in [2.24, 2.45) is 5.73 Å². The first-order chi connectivity index (χ1) is 8.76. The van der Waals surface area contributed by atoms with Gasteiger partial charge in [0.15, 0.2) is 0 Å². The Kier molecular flexibility index (Phi) is 3.99. The van der Waals surface area contributed by atoms with Crippen molar-refractivity contribution in [3.8, 4) is 0 Å². The van der Waals surface area contributed by atoms with Crippen LogP contribution in [-0.2, 0) is 11.2 Å². The van der Waals surface area contributed by atoms with Crippen molar-refractivity contribution in [1.29, 1.82) is 0 Å². The lowest BCUT2D eigenvalue weighted by Gasteiger charge is -2.04. The molecule has 4 nitrogen and oxygen atoms in total. The van der Waals surface area contributed by atoms with E-state index in [1.54, 1.807) is 4.73 Å². The van der Waals surface area contributed by atoms with Gasteiger partial charge in [-0.1, -0.05) is 25.1 Å². The molecule has 0 fully saturated rings. The molecule has 1 aromatic heterocycles. The first-order valence-electron chi connectivity index (χ1n) is 6.26. The zero-order valence-corrected chi connectivity index (χ0v) is 10.6. The molecule has 0 saturated carbocycles. The van der Waals surface area contributed by atoms with Gasteiger partial charge in [-0.15, -0.1) is 0 Å². The van der Waals surface area contributed by atoms with Gasteiger partial charge in [-0.3, -0.25) is 0 Å². The maximum atomic E-state index is 11.6. The van der Waals surface area contributed by atoms with Gasteiger partial charge in [0.2, 0.25) is 0 Å². The molecule has 1 aromatic carbocycles. The summed E-state index contributed by atoms with van der Waals surface area (Å²) in [5.74, 6) is -0.211. The van der Waals surface area contributed by atoms with E-state index < -0.39 is 0 Å². The van der Waals surface area contributed by atoms with Gasteiger partial charge in [-0.25, -0.2) is 4.79 Å². The summed E-state index contributed by atoms with van der Waals surface area (Å²) in [6.45, 7) is 2.53. The lowest BCUT2D eigenvalue weighted by Crippen LogP contribution is -2.18. The zero-order valence-electron chi connectivity index (χ0n) is 10.6. The highest BCUT2D eigenvalue weighted by atomic mass is 16.7. The number of hydrogen-bond acceptors (Lipinski definition) is 3. The van der Waals surface area contributed by atoms with Crippen molar-refractivity contribution in [2.75, 3.05) is 6.54 Å². The van der Waals surface area contributed by atoms with Crippen LogP contribution in [0.25, 0.3) is 10.9 Å². The molecule has 2 N–H and O–H groups in total. The van der Waals surface area contributed by atoms with E-state index in [1.165, 1.54) is 0 Å². The van der Waals surface area contributed by atoms with Crippen LogP contribution < -0.4 is 10.6 Å². The van der Waals surface area contributed by atoms with E-state index in [-0.39, 0.29) is 5.97 Å². The topological polar surface area (TPSA) is 57.2 Å². The molecule has 18 heavy (non-hydrogen) atoms. The first kappa shape index (κ1) is 12.6. The maximum absolute atomic E-state index is 11.6. The molecule has 0 saturated heterocycles. The number of nitrogens with zero attached hydrogens (tertiary/aromatic N) is 1. The fraction of sp³-hybridized carbons (Fsp3) is 0.357. The summed E-state index contributed by atoms with van der Waals surface area (Å²) < 4.78 is 1.55. The number of nitrogens with two attached hydrogens (primary N) is 1.